The molecule has 0 aliphatic heterocycles. The summed E-state index contributed by atoms with van der Waals surface area (Å²) in [5.41, 5.74) is 4.07. The Morgan fingerprint density at radius 2 is 2.07 bits per heavy atom. The van der Waals surface area contributed by atoms with Crippen LogP contribution in [0.5, 0.6) is 0 Å². The van der Waals surface area contributed by atoms with Crippen molar-refractivity contribution >= 4 is 33.3 Å². The number of anilines is 2. The van der Waals surface area contributed by atoms with E-state index in [0.717, 1.165) is 30.0 Å². The molecule has 1 saturated carbocycles. The molecule has 0 atom stereocenters. The lowest BCUT2D eigenvalue weighted by molar-refractivity contribution is 0.654. The van der Waals surface area contributed by atoms with Gasteiger partial charge < -0.3 is 5.32 Å². The number of hydrogen-bond donors (Lipinski definition) is 2. The van der Waals surface area contributed by atoms with Crippen LogP contribution < -0.4 is 5.32 Å². The normalized spacial score (nSPS) is 14.8. The fourth-order valence-electron chi connectivity index (χ4n) is 3.51. The molecule has 27 heavy (non-hydrogen) atoms. The van der Waals surface area contributed by atoms with Crippen LogP contribution in [0.4, 0.5) is 11.8 Å². The van der Waals surface area contributed by atoms with Crippen molar-refractivity contribution in [2.45, 2.75) is 38.0 Å². The second-order valence-electron chi connectivity index (χ2n) is 6.73. The zero-order valence-corrected chi connectivity index (χ0v) is 15.4. The molecule has 0 radical (unpaired) electrons. The Labute approximate surface area is 159 Å². The van der Waals surface area contributed by atoms with Gasteiger partial charge >= 0.3 is 0 Å². The smallest absolute Gasteiger partial charge is 0.232 e. The van der Waals surface area contributed by atoms with Crippen LogP contribution in [-0.2, 0) is 6.42 Å². The first-order valence-corrected chi connectivity index (χ1v) is 9.91. The lowest BCUT2D eigenvalue weighted by Crippen LogP contribution is -2.10. The summed E-state index contributed by atoms with van der Waals surface area (Å²) >= 11 is 1.65. The van der Waals surface area contributed by atoms with Crippen LogP contribution in [0.1, 0.15) is 48.8 Å². The standard InChI is InChI=1S/C18H18N8S/c1-2-4-12(3-1)17-21-15(22-18(24-17)23-16-9-20-26-25-16)8-11-5-6-13-14(7-11)27-10-19-13/h5-7,9-10,12H,1-4,8H2,(H2,20,21,22,23,24,25,26). The number of thiazole rings is 1. The minimum absolute atomic E-state index is 0.411. The van der Waals surface area contributed by atoms with Gasteiger partial charge in [0.1, 0.15) is 11.6 Å². The molecule has 136 valence electrons. The zero-order chi connectivity index (χ0) is 18.1. The van der Waals surface area contributed by atoms with Crippen LogP contribution in [-0.4, -0.2) is 35.3 Å². The van der Waals surface area contributed by atoms with Crippen LogP contribution in [0.2, 0.25) is 0 Å². The molecule has 8 nitrogen and oxygen atoms in total. The summed E-state index contributed by atoms with van der Waals surface area (Å²) in [5.74, 6) is 3.17. The lowest BCUT2D eigenvalue weighted by atomic mass is 10.1. The molecule has 9 heteroatoms. The van der Waals surface area contributed by atoms with E-state index in [-0.39, 0.29) is 0 Å². The van der Waals surface area contributed by atoms with Crippen molar-refractivity contribution in [2.75, 3.05) is 5.32 Å². The maximum Gasteiger partial charge on any atom is 0.232 e. The first-order chi connectivity index (χ1) is 13.3. The Morgan fingerprint density at radius 3 is 2.93 bits per heavy atom. The van der Waals surface area contributed by atoms with Gasteiger partial charge in [-0.05, 0) is 30.5 Å². The predicted molar refractivity (Wildman–Crippen MR) is 103 cm³/mol. The number of benzene rings is 1. The van der Waals surface area contributed by atoms with E-state index in [4.69, 9.17) is 4.98 Å². The van der Waals surface area contributed by atoms with E-state index >= 15 is 0 Å². The van der Waals surface area contributed by atoms with Crippen LogP contribution in [0.25, 0.3) is 10.2 Å². The van der Waals surface area contributed by atoms with Crippen molar-refractivity contribution in [2.24, 2.45) is 0 Å². The van der Waals surface area contributed by atoms with Crippen molar-refractivity contribution < 1.29 is 0 Å². The van der Waals surface area contributed by atoms with Gasteiger partial charge in [0.2, 0.25) is 5.95 Å². The Hall–Kier alpha value is -2.94. The summed E-state index contributed by atoms with van der Waals surface area (Å²) in [6.07, 6.45) is 7.01. The molecule has 0 spiro atoms. The number of nitrogens with zero attached hydrogens (tertiary/aromatic N) is 6. The van der Waals surface area contributed by atoms with Crippen molar-refractivity contribution in [1.82, 2.24) is 35.3 Å². The molecular weight excluding hydrogens is 360 g/mol. The monoisotopic (exact) mass is 378 g/mol. The average Bonchev–Trinajstić information content (AvgIpc) is 3.43. The maximum atomic E-state index is 4.79. The predicted octanol–water partition coefficient (Wildman–Crippen LogP) is 3.59. The summed E-state index contributed by atoms with van der Waals surface area (Å²) < 4.78 is 1.18. The van der Waals surface area contributed by atoms with Gasteiger partial charge in [-0.25, -0.2) is 9.97 Å². The van der Waals surface area contributed by atoms with Gasteiger partial charge in [0, 0.05) is 12.3 Å². The SMILES string of the molecule is c1nc2ccc(Cc3nc(Nc4cn[nH]n4)nc(C4CCCC4)n3)cc2s1. The van der Waals surface area contributed by atoms with Crippen LogP contribution in [0.15, 0.2) is 29.9 Å². The van der Waals surface area contributed by atoms with E-state index < -0.39 is 0 Å². The Kier molecular flexibility index (Phi) is 4.21. The van der Waals surface area contributed by atoms with Crippen molar-refractivity contribution in [3.05, 3.63) is 47.1 Å². The number of nitrogens with one attached hydrogen (secondary N) is 2. The zero-order valence-electron chi connectivity index (χ0n) is 14.6. The third-order valence-electron chi connectivity index (χ3n) is 4.83. The second-order valence-corrected chi connectivity index (χ2v) is 7.61. The van der Waals surface area contributed by atoms with E-state index in [9.17, 15) is 0 Å². The summed E-state index contributed by atoms with van der Waals surface area (Å²) in [7, 11) is 0. The van der Waals surface area contributed by atoms with Gasteiger partial charge in [-0.15, -0.1) is 16.4 Å². The number of rotatable bonds is 5. The molecule has 4 aromatic rings. The van der Waals surface area contributed by atoms with Crippen molar-refractivity contribution in [3.8, 4) is 0 Å². The Bertz CT molecular complexity index is 1050. The average molecular weight is 378 g/mol. The topological polar surface area (TPSA) is 105 Å². The van der Waals surface area contributed by atoms with Crippen LogP contribution in [0.3, 0.4) is 0 Å². The van der Waals surface area contributed by atoms with E-state index in [1.54, 1.807) is 17.5 Å². The Balaban J connectivity index is 1.48. The number of hydrogen-bond acceptors (Lipinski definition) is 8. The van der Waals surface area contributed by atoms with E-state index in [2.05, 4.69) is 53.9 Å². The highest BCUT2D eigenvalue weighted by atomic mass is 32.1. The van der Waals surface area contributed by atoms with Crippen molar-refractivity contribution in [1.29, 1.82) is 0 Å². The summed E-state index contributed by atoms with van der Waals surface area (Å²) in [4.78, 5) is 18.4. The third kappa shape index (κ3) is 3.50. The molecule has 0 saturated heterocycles. The molecule has 0 amide bonds. The quantitative estimate of drug-likeness (QED) is 0.547. The molecule has 1 aliphatic carbocycles. The number of H-pyrrole nitrogens is 1. The minimum Gasteiger partial charge on any atom is -0.306 e. The van der Waals surface area contributed by atoms with Gasteiger partial charge in [-0.1, -0.05) is 18.9 Å². The largest absolute Gasteiger partial charge is 0.306 e. The number of aromatic nitrogens is 7. The molecule has 1 aliphatic rings. The van der Waals surface area contributed by atoms with Gasteiger partial charge in [0.05, 0.1) is 21.9 Å². The number of fused-ring (bicyclic) bond motifs is 1. The Morgan fingerprint density at radius 1 is 1.15 bits per heavy atom. The second kappa shape index (κ2) is 6.99. The molecule has 5 rings (SSSR count). The minimum atomic E-state index is 0.411. The fourth-order valence-corrected chi connectivity index (χ4v) is 4.25. The highest BCUT2D eigenvalue weighted by molar-refractivity contribution is 7.16. The van der Waals surface area contributed by atoms with E-state index in [1.807, 2.05) is 5.51 Å². The fraction of sp³-hybridized carbons (Fsp3) is 0.333. The van der Waals surface area contributed by atoms with Gasteiger partial charge in [-0.2, -0.15) is 20.3 Å². The van der Waals surface area contributed by atoms with Gasteiger partial charge in [0.25, 0.3) is 0 Å². The molecular formula is C18H18N8S. The first kappa shape index (κ1) is 16.2. The molecule has 3 heterocycles. The van der Waals surface area contributed by atoms with E-state index in [1.165, 1.54) is 23.1 Å². The summed E-state index contributed by atoms with van der Waals surface area (Å²) in [6.45, 7) is 0. The molecule has 0 unspecified atom stereocenters. The van der Waals surface area contributed by atoms with Crippen LogP contribution >= 0.6 is 11.3 Å². The summed E-state index contributed by atoms with van der Waals surface area (Å²) in [5, 5.41) is 13.6. The molecule has 2 N–H and O–H groups in total. The molecule has 1 fully saturated rings. The van der Waals surface area contributed by atoms with Gasteiger partial charge in [0.15, 0.2) is 5.82 Å². The highest BCUT2D eigenvalue weighted by Crippen LogP contribution is 2.32. The van der Waals surface area contributed by atoms with Gasteiger partial charge in [-0.3, -0.25) is 0 Å². The lowest BCUT2D eigenvalue weighted by Gasteiger charge is -2.11. The first-order valence-electron chi connectivity index (χ1n) is 9.03. The third-order valence-corrected chi connectivity index (χ3v) is 5.62. The number of aromatic amines is 1. The van der Waals surface area contributed by atoms with Crippen LogP contribution in [0, 0.1) is 0 Å². The molecule has 1 aromatic carbocycles. The van der Waals surface area contributed by atoms with E-state index in [0.29, 0.717) is 24.1 Å². The summed E-state index contributed by atoms with van der Waals surface area (Å²) in [6, 6.07) is 6.30. The highest BCUT2D eigenvalue weighted by Gasteiger charge is 2.22. The maximum absolute atomic E-state index is 4.79. The molecule has 0 bridgehead atoms. The molecule has 3 aromatic heterocycles. The van der Waals surface area contributed by atoms with Crippen molar-refractivity contribution in [3.63, 3.8) is 0 Å².